The molecule has 2 amide bonds. The van der Waals surface area contributed by atoms with Crippen LogP contribution in [0.4, 0.5) is 0 Å². The highest BCUT2D eigenvalue weighted by Crippen LogP contribution is 2.32. The van der Waals surface area contributed by atoms with Gasteiger partial charge in [0, 0.05) is 24.3 Å². The van der Waals surface area contributed by atoms with E-state index in [0.717, 1.165) is 45.5 Å². The van der Waals surface area contributed by atoms with E-state index in [0.29, 0.717) is 26.2 Å². The molecule has 4 heterocycles. The highest BCUT2D eigenvalue weighted by molar-refractivity contribution is 7.21. The summed E-state index contributed by atoms with van der Waals surface area (Å²) in [5, 5.41) is 5.51. The van der Waals surface area contributed by atoms with Crippen LogP contribution in [-0.2, 0) is 22.7 Å². The Morgan fingerprint density at radius 1 is 1.26 bits per heavy atom. The summed E-state index contributed by atoms with van der Waals surface area (Å²) in [6.45, 7) is 4.15. The fourth-order valence-corrected chi connectivity index (χ4v) is 5.23. The van der Waals surface area contributed by atoms with Gasteiger partial charge in [-0.2, -0.15) is 5.10 Å². The molecule has 0 saturated carbocycles. The smallest absolute Gasteiger partial charge is 0.295 e. The van der Waals surface area contributed by atoms with Crippen LogP contribution in [0.1, 0.15) is 50.7 Å². The van der Waals surface area contributed by atoms with Crippen LogP contribution in [0.2, 0.25) is 0 Å². The number of carbonyl (C=O) groups is 2. The predicted molar refractivity (Wildman–Crippen MR) is 116 cm³/mol. The van der Waals surface area contributed by atoms with Crippen molar-refractivity contribution < 1.29 is 19.2 Å². The number of carbonyl (C=O) groups excluding carboxylic acids is 2. The lowest BCUT2D eigenvalue weighted by Crippen LogP contribution is -2.38. The molecule has 1 saturated heterocycles. The molecule has 0 aliphatic carbocycles. The number of ether oxygens (including phenoxy) is 1. The fraction of sp³-hybridized carbons (Fsp3) is 0.409. The zero-order valence-corrected chi connectivity index (χ0v) is 18.1. The Labute approximate surface area is 183 Å². The summed E-state index contributed by atoms with van der Waals surface area (Å²) in [5.74, 6) is -0.385. The summed E-state index contributed by atoms with van der Waals surface area (Å²) < 4.78 is 8.36. The van der Waals surface area contributed by atoms with E-state index < -0.39 is 12.2 Å². The molecule has 8 nitrogen and oxygen atoms in total. The molecular weight excluding hydrogens is 416 g/mol. The summed E-state index contributed by atoms with van der Waals surface area (Å²) in [7, 11) is 0. The second-order valence-corrected chi connectivity index (χ2v) is 8.92. The highest BCUT2D eigenvalue weighted by atomic mass is 32.1. The van der Waals surface area contributed by atoms with Crippen LogP contribution >= 0.6 is 11.3 Å². The number of hydrogen-bond donors (Lipinski definition) is 1. The lowest BCUT2D eigenvalue weighted by molar-refractivity contribution is -0.186. The van der Waals surface area contributed by atoms with Gasteiger partial charge in [0.15, 0.2) is 12.0 Å². The molecule has 1 atom stereocenters. The molecule has 0 spiro atoms. The average molecular weight is 441 g/mol. The zero-order valence-electron chi connectivity index (χ0n) is 17.3. The van der Waals surface area contributed by atoms with Crippen LogP contribution in [-0.4, -0.2) is 45.9 Å². The molecular formula is C22H24N4O4S. The third-order valence-electron chi connectivity index (χ3n) is 5.78. The van der Waals surface area contributed by atoms with E-state index in [1.165, 1.54) is 11.3 Å². The van der Waals surface area contributed by atoms with Crippen molar-refractivity contribution in [3.8, 4) is 0 Å². The molecule has 1 fully saturated rings. The maximum Gasteiger partial charge on any atom is 0.295 e. The lowest BCUT2D eigenvalue weighted by Gasteiger charge is -2.27. The van der Waals surface area contributed by atoms with E-state index in [1.54, 1.807) is 10.7 Å². The number of benzene rings is 1. The minimum atomic E-state index is -0.410. The number of nitrogens with one attached hydrogen (secondary N) is 1. The van der Waals surface area contributed by atoms with Gasteiger partial charge in [-0.3, -0.25) is 14.3 Å². The molecule has 5 rings (SSSR count). The lowest BCUT2D eigenvalue weighted by atomic mass is 10.1. The topological polar surface area (TPSA) is 85.7 Å². The molecule has 0 radical (unpaired) electrons. The van der Waals surface area contributed by atoms with Gasteiger partial charge in [0.25, 0.3) is 11.8 Å². The number of thiophene rings is 1. The summed E-state index contributed by atoms with van der Waals surface area (Å²) in [5.41, 5.74) is 4.57. The van der Waals surface area contributed by atoms with E-state index in [2.05, 4.69) is 16.6 Å². The Bertz CT molecular complexity index is 1130. The van der Waals surface area contributed by atoms with Crippen molar-refractivity contribution in [2.75, 3.05) is 13.2 Å². The van der Waals surface area contributed by atoms with Crippen molar-refractivity contribution in [1.29, 1.82) is 0 Å². The standard InChI is InChI=1S/C22H24N4O4S/c1-14-16-6-2-3-7-18(16)31-20(14)22(28)25-9-10-26-15(13-25)12-17(23-26)21(27)24-30-19-8-4-5-11-29-19/h2-3,6-7,12,19H,4-5,8-11,13H2,1H3,(H,24,27). The molecule has 1 unspecified atom stereocenters. The largest absolute Gasteiger partial charge is 0.350 e. The number of hydroxylamine groups is 1. The van der Waals surface area contributed by atoms with Crippen molar-refractivity contribution in [2.45, 2.75) is 45.6 Å². The van der Waals surface area contributed by atoms with Crippen molar-refractivity contribution in [1.82, 2.24) is 20.2 Å². The van der Waals surface area contributed by atoms with Crippen molar-refractivity contribution in [2.24, 2.45) is 0 Å². The quantitative estimate of drug-likeness (QED) is 0.630. The van der Waals surface area contributed by atoms with Crippen LogP contribution in [0.3, 0.4) is 0 Å². The first-order valence-corrected chi connectivity index (χ1v) is 11.3. The molecule has 1 aromatic carbocycles. The minimum absolute atomic E-state index is 0.0231. The second-order valence-electron chi connectivity index (χ2n) is 7.87. The monoisotopic (exact) mass is 440 g/mol. The number of rotatable bonds is 4. The molecule has 1 N–H and O–H groups in total. The summed E-state index contributed by atoms with van der Waals surface area (Å²) in [4.78, 5) is 33.6. The van der Waals surface area contributed by atoms with Gasteiger partial charge in [-0.05, 0) is 42.8 Å². The van der Waals surface area contributed by atoms with Gasteiger partial charge in [0.05, 0.1) is 23.7 Å². The van der Waals surface area contributed by atoms with E-state index in [-0.39, 0.29) is 11.6 Å². The summed E-state index contributed by atoms with van der Waals surface area (Å²) >= 11 is 1.53. The average Bonchev–Trinajstić information content (AvgIpc) is 3.38. The first-order valence-electron chi connectivity index (χ1n) is 10.5. The van der Waals surface area contributed by atoms with Gasteiger partial charge in [0.1, 0.15) is 0 Å². The van der Waals surface area contributed by atoms with Crippen molar-refractivity contribution in [3.63, 3.8) is 0 Å². The SMILES string of the molecule is Cc1c(C(=O)N2CCn3nc(C(=O)NOC4CCCCO4)cc3C2)sc2ccccc12. The Morgan fingerprint density at radius 3 is 2.94 bits per heavy atom. The van der Waals surface area contributed by atoms with Crippen LogP contribution < -0.4 is 5.48 Å². The van der Waals surface area contributed by atoms with Crippen molar-refractivity contribution in [3.05, 3.63) is 52.2 Å². The first-order chi connectivity index (χ1) is 15.1. The molecule has 162 valence electrons. The van der Waals surface area contributed by atoms with Gasteiger partial charge >= 0.3 is 0 Å². The van der Waals surface area contributed by atoms with Gasteiger partial charge < -0.3 is 9.64 Å². The van der Waals surface area contributed by atoms with E-state index in [4.69, 9.17) is 9.57 Å². The van der Waals surface area contributed by atoms with Crippen LogP contribution in [0.5, 0.6) is 0 Å². The van der Waals surface area contributed by atoms with Crippen LogP contribution in [0.25, 0.3) is 10.1 Å². The molecule has 31 heavy (non-hydrogen) atoms. The molecule has 3 aromatic rings. The number of aromatic nitrogens is 2. The van der Waals surface area contributed by atoms with Gasteiger partial charge in [-0.15, -0.1) is 11.3 Å². The molecule has 0 bridgehead atoms. The Morgan fingerprint density at radius 2 is 2.13 bits per heavy atom. The third kappa shape index (κ3) is 3.96. The number of nitrogens with zero attached hydrogens (tertiary/aromatic N) is 3. The Kier molecular flexibility index (Phi) is 5.47. The normalized spacial score (nSPS) is 18.7. The minimum Gasteiger partial charge on any atom is -0.350 e. The Hall–Kier alpha value is -2.75. The second kappa shape index (κ2) is 8.41. The number of hydrogen-bond acceptors (Lipinski definition) is 6. The first kappa shape index (κ1) is 20.2. The summed E-state index contributed by atoms with van der Waals surface area (Å²) in [6.07, 6.45) is 2.38. The highest BCUT2D eigenvalue weighted by Gasteiger charge is 2.27. The molecule has 2 aliphatic heterocycles. The van der Waals surface area contributed by atoms with Gasteiger partial charge in [-0.25, -0.2) is 10.3 Å². The van der Waals surface area contributed by atoms with E-state index >= 15 is 0 Å². The summed E-state index contributed by atoms with van der Waals surface area (Å²) in [6, 6.07) is 9.79. The molecule has 2 aliphatic rings. The van der Waals surface area contributed by atoms with Crippen LogP contribution in [0, 0.1) is 6.92 Å². The molecule has 2 aromatic heterocycles. The Balaban J connectivity index is 1.27. The maximum absolute atomic E-state index is 13.2. The van der Waals surface area contributed by atoms with Crippen molar-refractivity contribution >= 4 is 33.2 Å². The maximum atomic E-state index is 13.2. The fourth-order valence-electron chi connectivity index (χ4n) is 4.05. The third-order valence-corrected chi connectivity index (χ3v) is 7.04. The number of aryl methyl sites for hydroxylation is 1. The van der Waals surface area contributed by atoms with Gasteiger partial charge in [-0.1, -0.05) is 18.2 Å². The van der Waals surface area contributed by atoms with Gasteiger partial charge in [0.2, 0.25) is 0 Å². The zero-order chi connectivity index (χ0) is 21.4. The van der Waals surface area contributed by atoms with E-state index in [1.807, 2.05) is 30.0 Å². The molecule has 9 heteroatoms. The van der Waals surface area contributed by atoms with E-state index in [9.17, 15) is 9.59 Å². The van der Waals surface area contributed by atoms with Crippen LogP contribution in [0.15, 0.2) is 30.3 Å². The predicted octanol–water partition coefficient (Wildman–Crippen LogP) is 3.25. The number of amides is 2. The number of fused-ring (bicyclic) bond motifs is 2.